The summed E-state index contributed by atoms with van der Waals surface area (Å²) in [6, 6.07) is 54.5. The Labute approximate surface area is 258 Å². The number of para-hydroxylation sites is 2. The van der Waals surface area contributed by atoms with Gasteiger partial charge in [-0.05, 0) is 72.8 Å². The average Bonchev–Trinajstić information content (AvgIpc) is 3.05. The monoisotopic (exact) mass is 620 g/mol. The van der Waals surface area contributed by atoms with Crippen molar-refractivity contribution in [1.82, 2.24) is 0 Å². The molecule has 0 spiro atoms. The Hall–Kier alpha value is -4.43. The van der Waals surface area contributed by atoms with Crippen molar-refractivity contribution in [3.8, 4) is 11.5 Å². The summed E-state index contributed by atoms with van der Waals surface area (Å²) in [5.74, 6) is 0.447. The summed E-state index contributed by atoms with van der Waals surface area (Å²) in [6.07, 6.45) is 0. The van der Waals surface area contributed by atoms with Crippen molar-refractivity contribution in [3.63, 3.8) is 0 Å². The first-order valence-corrected chi connectivity index (χ1v) is 17.4. The van der Waals surface area contributed by atoms with Crippen LogP contribution in [0.1, 0.15) is 0 Å². The number of benzene rings is 6. The summed E-state index contributed by atoms with van der Waals surface area (Å²) in [5.41, 5.74) is 0. The maximum atomic E-state index is 13.6. The first kappa shape index (κ1) is 28.7. The Bertz CT molecular complexity index is 1670. The molecule has 0 unspecified atom stereocenters. The third kappa shape index (κ3) is 6.81. The normalized spacial score (nSPS) is 11.4. The highest BCUT2D eigenvalue weighted by Crippen LogP contribution is 2.39. The smallest absolute Gasteiger partial charge is 0.347 e. The van der Waals surface area contributed by atoms with Gasteiger partial charge in [0.25, 0.3) is 0 Å². The zero-order valence-corrected chi connectivity index (χ0v) is 25.5. The third-order valence-corrected chi connectivity index (χ3v) is 11.7. The van der Waals surface area contributed by atoms with Crippen molar-refractivity contribution in [3.05, 3.63) is 170 Å². The van der Waals surface area contributed by atoms with Crippen LogP contribution < -0.4 is 8.37 Å². The van der Waals surface area contributed by atoms with E-state index in [2.05, 4.69) is 0 Å². The van der Waals surface area contributed by atoms with Crippen molar-refractivity contribution in [2.45, 2.75) is 29.4 Å². The van der Waals surface area contributed by atoms with E-state index in [1.165, 1.54) is 0 Å². The predicted molar refractivity (Wildman–Crippen MR) is 173 cm³/mol. The van der Waals surface area contributed by atoms with E-state index in [4.69, 9.17) is 8.37 Å². The maximum absolute atomic E-state index is 13.6. The summed E-state index contributed by atoms with van der Waals surface area (Å²) in [6.45, 7) is 0. The Balaban J connectivity index is 1.37. The van der Waals surface area contributed by atoms with E-state index in [1.54, 1.807) is 24.3 Å². The van der Waals surface area contributed by atoms with E-state index in [0.717, 1.165) is 29.4 Å². The molecule has 6 aromatic rings. The molecule has 6 rings (SSSR count). The van der Waals surface area contributed by atoms with Crippen molar-refractivity contribution in [2.75, 3.05) is 0 Å². The summed E-state index contributed by atoms with van der Waals surface area (Å²) in [4.78, 5) is 5.67. The standard InChI is InChI=1S/C36H28O4S3/c37-43(38,39-33-25-13-15-27-35(33)41(29-17-5-1-6-18-29)30-19-7-2-8-20-30)40-34-26-14-16-28-36(34)42(31-21-9-3-10-22-31)32-23-11-4-12-24-32/h1-28H/q+2. The molecule has 0 aliphatic heterocycles. The zero-order valence-electron chi connectivity index (χ0n) is 23.0. The van der Waals surface area contributed by atoms with Gasteiger partial charge < -0.3 is 8.37 Å². The summed E-state index contributed by atoms with van der Waals surface area (Å²) < 4.78 is 38.8. The van der Waals surface area contributed by atoms with E-state index in [9.17, 15) is 8.42 Å². The molecule has 0 N–H and O–H groups in total. The highest BCUT2D eigenvalue weighted by atomic mass is 32.3. The fourth-order valence-electron chi connectivity index (χ4n) is 4.62. The van der Waals surface area contributed by atoms with E-state index >= 15 is 0 Å². The molecule has 0 saturated heterocycles. The van der Waals surface area contributed by atoms with Gasteiger partial charge in [-0.3, -0.25) is 0 Å². The minimum atomic E-state index is -4.52. The molecule has 0 aliphatic carbocycles. The van der Waals surface area contributed by atoms with Gasteiger partial charge in [0.05, 0.1) is 0 Å². The summed E-state index contributed by atoms with van der Waals surface area (Å²) in [7, 11) is -5.74. The number of hydrogen-bond donors (Lipinski definition) is 0. The molecule has 0 saturated carbocycles. The van der Waals surface area contributed by atoms with Crippen LogP contribution in [0.5, 0.6) is 11.5 Å². The molecule has 0 radical (unpaired) electrons. The van der Waals surface area contributed by atoms with Crippen molar-refractivity contribution in [1.29, 1.82) is 0 Å². The van der Waals surface area contributed by atoms with Gasteiger partial charge >= 0.3 is 10.4 Å². The fourth-order valence-corrected chi connectivity index (χ4v) is 9.82. The van der Waals surface area contributed by atoms with Crippen LogP contribution in [0.15, 0.2) is 199 Å². The van der Waals surface area contributed by atoms with Crippen LogP contribution in [0.25, 0.3) is 0 Å². The molecule has 212 valence electrons. The molecule has 6 aromatic carbocycles. The SMILES string of the molecule is O=S(=O)(Oc1ccccc1[S+](c1ccccc1)c1ccccc1)Oc1ccccc1[S+](c1ccccc1)c1ccccc1. The molecule has 0 heterocycles. The van der Waals surface area contributed by atoms with Crippen LogP contribution in [0.4, 0.5) is 0 Å². The fraction of sp³-hybridized carbons (Fsp3) is 0. The summed E-state index contributed by atoms with van der Waals surface area (Å²) >= 11 is 0. The van der Waals surface area contributed by atoms with E-state index in [0.29, 0.717) is 0 Å². The van der Waals surface area contributed by atoms with Crippen LogP contribution in [0.3, 0.4) is 0 Å². The van der Waals surface area contributed by atoms with Crippen LogP contribution >= 0.6 is 0 Å². The van der Waals surface area contributed by atoms with Gasteiger partial charge in [0.2, 0.25) is 21.3 Å². The lowest BCUT2D eigenvalue weighted by molar-refractivity contribution is 0.385. The molecule has 0 fully saturated rings. The molecule has 43 heavy (non-hydrogen) atoms. The highest BCUT2D eigenvalue weighted by Gasteiger charge is 2.36. The van der Waals surface area contributed by atoms with E-state index in [1.807, 2.05) is 146 Å². The topological polar surface area (TPSA) is 52.6 Å². The van der Waals surface area contributed by atoms with Gasteiger partial charge in [-0.1, -0.05) is 97.1 Å². The van der Waals surface area contributed by atoms with Crippen LogP contribution in [-0.2, 0) is 32.2 Å². The number of hydrogen-bond acceptors (Lipinski definition) is 4. The quantitative estimate of drug-likeness (QED) is 0.144. The zero-order chi connectivity index (χ0) is 29.5. The second kappa shape index (κ2) is 13.3. The second-order valence-electron chi connectivity index (χ2n) is 9.33. The predicted octanol–water partition coefficient (Wildman–Crippen LogP) is 8.58. The lowest BCUT2D eigenvalue weighted by Gasteiger charge is -2.14. The van der Waals surface area contributed by atoms with Crippen LogP contribution in [0, 0.1) is 0 Å². The van der Waals surface area contributed by atoms with E-state index in [-0.39, 0.29) is 11.5 Å². The Morgan fingerprint density at radius 3 is 0.907 bits per heavy atom. The van der Waals surface area contributed by atoms with E-state index < -0.39 is 32.2 Å². The van der Waals surface area contributed by atoms with Crippen molar-refractivity contribution >= 4 is 32.2 Å². The minimum absolute atomic E-state index is 0.223. The molecular formula is C36H28O4S3+2. The van der Waals surface area contributed by atoms with Crippen molar-refractivity contribution in [2.24, 2.45) is 0 Å². The van der Waals surface area contributed by atoms with Gasteiger partial charge in [0, 0.05) is 0 Å². The molecule has 0 bridgehead atoms. The first-order chi connectivity index (χ1) is 21.1. The van der Waals surface area contributed by atoms with Crippen molar-refractivity contribution < 1.29 is 16.8 Å². The molecule has 4 nitrogen and oxygen atoms in total. The molecule has 0 atom stereocenters. The Morgan fingerprint density at radius 1 is 0.349 bits per heavy atom. The van der Waals surface area contributed by atoms with Gasteiger partial charge in [0.15, 0.2) is 19.6 Å². The largest absolute Gasteiger partial charge is 0.501 e. The molecule has 0 aliphatic rings. The van der Waals surface area contributed by atoms with Gasteiger partial charge in [-0.15, -0.1) is 8.42 Å². The van der Waals surface area contributed by atoms with Crippen LogP contribution in [-0.4, -0.2) is 8.42 Å². The third-order valence-electron chi connectivity index (χ3n) is 6.44. The second-order valence-corrected chi connectivity index (χ2v) is 14.5. The molecular weight excluding hydrogens is 593 g/mol. The van der Waals surface area contributed by atoms with Crippen LogP contribution in [0.2, 0.25) is 0 Å². The Morgan fingerprint density at radius 2 is 0.605 bits per heavy atom. The molecule has 7 heteroatoms. The lowest BCUT2D eigenvalue weighted by atomic mass is 10.3. The Kier molecular flexibility index (Phi) is 8.84. The highest BCUT2D eigenvalue weighted by molar-refractivity contribution is 7.97. The van der Waals surface area contributed by atoms with Gasteiger partial charge in [0.1, 0.15) is 21.8 Å². The maximum Gasteiger partial charge on any atom is 0.501 e. The lowest BCUT2D eigenvalue weighted by Crippen LogP contribution is -2.19. The van der Waals surface area contributed by atoms with Gasteiger partial charge in [-0.2, -0.15) is 0 Å². The molecule has 0 aromatic heterocycles. The number of rotatable bonds is 10. The van der Waals surface area contributed by atoms with Gasteiger partial charge in [-0.25, -0.2) is 0 Å². The first-order valence-electron chi connectivity index (χ1n) is 13.6. The summed E-state index contributed by atoms with van der Waals surface area (Å²) in [5, 5.41) is 0. The molecule has 0 amide bonds. The average molecular weight is 621 g/mol. The minimum Gasteiger partial charge on any atom is -0.347 e.